The molecule has 0 amide bonds. The van der Waals surface area contributed by atoms with E-state index in [1.165, 1.54) is 44.9 Å². The predicted molar refractivity (Wildman–Crippen MR) is 131 cm³/mol. The Balaban J connectivity index is 1.44. The SMILES string of the molecule is C=CCC(CC[C@@H](C)[C@H]1CC[C@H]2[C@@H]3CCC4CCCC[C@]4(C)[C@H]3CC[C@]12C)C(C)C. The van der Waals surface area contributed by atoms with Crippen LogP contribution >= 0.6 is 0 Å². The highest BCUT2D eigenvalue weighted by Crippen LogP contribution is 2.68. The Bertz CT molecular complexity index is 589. The van der Waals surface area contributed by atoms with Crippen LogP contribution in [0, 0.1) is 58.2 Å². The fraction of sp³-hybridized carbons (Fsp3) is 0.933. The van der Waals surface area contributed by atoms with E-state index < -0.39 is 0 Å². The van der Waals surface area contributed by atoms with E-state index in [4.69, 9.17) is 0 Å². The summed E-state index contributed by atoms with van der Waals surface area (Å²) in [4.78, 5) is 0. The van der Waals surface area contributed by atoms with E-state index in [0.29, 0.717) is 10.8 Å². The molecule has 9 atom stereocenters. The maximum absolute atomic E-state index is 4.03. The minimum Gasteiger partial charge on any atom is -0.103 e. The molecule has 0 N–H and O–H groups in total. The molecule has 2 unspecified atom stereocenters. The number of hydrogen-bond acceptors (Lipinski definition) is 0. The summed E-state index contributed by atoms with van der Waals surface area (Å²) in [7, 11) is 0. The molecule has 0 heterocycles. The molecule has 4 aliphatic carbocycles. The standard InChI is InChI=1S/C30H52/c1-7-10-23(21(2)3)13-12-22(4)26-16-17-27-25-15-14-24-11-8-9-19-29(24,5)28(25)18-20-30(26,27)6/h7,21-28H,1,8-20H2,2-6H3/t22-,23?,24?,25+,26-,27+,28+,29+,30-/m1/s1. The van der Waals surface area contributed by atoms with Crippen LogP contribution < -0.4 is 0 Å². The first-order valence-electron chi connectivity index (χ1n) is 13.9. The Morgan fingerprint density at radius 3 is 2.33 bits per heavy atom. The van der Waals surface area contributed by atoms with Gasteiger partial charge in [-0.3, -0.25) is 0 Å². The number of allylic oxidation sites excluding steroid dienone is 1. The summed E-state index contributed by atoms with van der Waals surface area (Å²) in [6.07, 6.45) is 21.6. The Morgan fingerprint density at radius 2 is 1.60 bits per heavy atom. The van der Waals surface area contributed by atoms with E-state index in [9.17, 15) is 0 Å². The van der Waals surface area contributed by atoms with Gasteiger partial charge in [-0.1, -0.05) is 60.0 Å². The second-order valence-corrected chi connectivity index (χ2v) is 13.2. The highest BCUT2D eigenvalue weighted by atomic mass is 14.6. The minimum absolute atomic E-state index is 0.643. The second kappa shape index (κ2) is 8.94. The topological polar surface area (TPSA) is 0 Å². The average Bonchev–Trinajstić information content (AvgIpc) is 3.07. The van der Waals surface area contributed by atoms with Crippen molar-refractivity contribution in [2.75, 3.05) is 0 Å². The van der Waals surface area contributed by atoms with Gasteiger partial charge in [0.2, 0.25) is 0 Å². The first-order valence-corrected chi connectivity index (χ1v) is 13.9. The first-order chi connectivity index (χ1) is 14.3. The minimum atomic E-state index is 0.643. The van der Waals surface area contributed by atoms with Crippen molar-refractivity contribution >= 4 is 0 Å². The molecule has 0 saturated heterocycles. The van der Waals surface area contributed by atoms with E-state index in [0.717, 1.165) is 47.3 Å². The van der Waals surface area contributed by atoms with Crippen molar-refractivity contribution in [2.45, 2.75) is 118 Å². The summed E-state index contributed by atoms with van der Waals surface area (Å²) in [5, 5.41) is 0. The molecule has 0 aromatic carbocycles. The van der Waals surface area contributed by atoms with Crippen LogP contribution in [-0.2, 0) is 0 Å². The lowest BCUT2D eigenvalue weighted by Crippen LogP contribution is -2.53. The summed E-state index contributed by atoms with van der Waals surface area (Å²) in [5.74, 6) is 7.74. The van der Waals surface area contributed by atoms with Crippen molar-refractivity contribution in [1.29, 1.82) is 0 Å². The van der Waals surface area contributed by atoms with Crippen LogP contribution in [-0.4, -0.2) is 0 Å². The van der Waals surface area contributed by atoms with Crippen LogP contribution in [0.5, 0.6) is 0 Å². The van der Waals surface area contributed by atoms with Gasteiger partial charge in [0.05, 0.1) is 0 Å². The van der Waals surface area contributed by atoms with E-state index in [1.807, 2.05) is 0 Å². The van der Waals surface area contributed by atoms with Gasteiger partial charge in [0, 0.05) is 0 Å². The van der Waals surface area contributed by atoms with Crippen LogP contribution in [0.4, 0.5) is 0 Å². The highest BCUT2D eigenvalue weighted by molar-refractivity contribution is 5.09. The molecule has 4 fully saturated rings. The van der Waals surface area contributed by atoms with Gasteiger partial charge in [0.25, 0.3) is 0 Å². The maximum atomic E-state index is 4.03. The lowest BCUT2D eigenvalue weighted by molar-refractivity contribution is -0.114. The maximum Gasteiger partial charge on any atom is -0.0264 e. The molecule has 0 bridgehead atoms. The Morgan fingerprint density at radius 1 is 0.833 bits per heavy atom. The second-order valence-electron chi connectivity index (χ2n) is 13.2. The van der Waals surface area contributed by atoms with E-state index in [1.54, 1.807) is 38.5 Å². The smallest absolute Gasteiger partial charge is 0.0264 e. The van der Waals surface area contributed by atoms with Crippen molar-refractivity contribution < 1.29 is 0 Å². The third-order valence-electron chi connectivity index (χ3n) is 11.7. The molecule has 0 spiro atoms. The van der Waals surface area contributed by atoms with E-state index in [2.05, 4.69) is 47.3 Å². The summed E-state index contributed by atoms with van der Waals surface area (Å²) in [6.45, 7) is 17.0. The van der Waals surface area contributed by atoms with Crippen molar-refractivity contribution in [3.8, 4) is 0 Å². The van der Waals surface area contributed by atoms with Gasteiger partial charge in [-0.15, -0.1) is 6.58 Å². The molecule has 0 aromatic heterocycles. The van der Waals surface area contributed by atoms with Crippen molar-refractivity contribution in [3.05, 3.63) is 12.7 Å². The number of fused-ring (bicyclic) bond motifs is 5. The van der Waals surface area contributed by atoms with Crippen LogP contribution in [0.3, 0.4) is 0 Å². The molecule has 0 heteroatoms. The molecule has 0 nitrogen and oxygen atoms in total. The van der Waals surface area contributed by atoms with Crippen molar-refractivity contribution in [2.24, 2.45) is 58.2 Å². The molecule has 172 valence electrons. The lowest BCUT2D eigenvalue weighted by atomic mass is 9.44. The summed E-state index contributed by atoms with van der Waals surface area (Å²) in [6, 6.07) is 0. The highest BCUT2D eigenvalue weighted by Gasteiger charge is 2.60. The fourth-order valence-corrected chi connectivity index (χ4v) is 9.89. The third kappa shape index (κ3) is 3.85. The van der Waals surface area contributed by atoms with E-state index >= 15 is 0 Å². The van der Waals surface area contributed by atoms with Crippen molar-refractivity contribution in [3.63, 3.8) is 0 Å². The molecular weight excluding hydrogens is 360 g/mol. The zero-order valence-electron chi connectivity index (χ0n) is 21.1. The number of rotatable bonds is 7. The van der Waals surface area contributed by atoms with E-state index in [-0.39, 0.29) is 0 Å². The largest absolute Gasteiger partial charge is 0.103 e. The molecule has 4 saturated carbocycles. The summed E-state index contributed by atoms with van der Waals surface area (Å²) >= 11 is 0. The monoisotopic (exact) mass is 412 g/mol. The number of hydrogen-bond donors (Lipinski definition) is 0. The van der Waals surface area contributed by atoms with Crippen LogP contribution in [0.1, 0.15) is 118 Å². The van der Waals surface area contributed by atoms with Crippen LogP contribution in [0.25, 0.3) is 0 Å². The van der Waals surface area contributed by atoms with Gasteiger partial charge < -0.3 is 0 Å². The predicted octanol–water partition coefficient (Wildman–Crippen LogP) is 9.30. The summed E-state index contributed by atoms with van der Waals surface area (Å²) in [5.41, 5.74) is 1.34. The van der Waals surface area contributed by atoms with Gasteiger partial charge in [0.1, 0.15) is 0 Å². The Labute approximate surface area is 189 Å². The Kier molecular flexibility index (Phi) is 6.83. The van der Waals surface area contributed by atoms with Gasteiger partial charge in [-0.05, 0) is 122 Å². The molecule has 30 heavy (non-hydrogen) atoms. The van der Waals surface area contributed by atoms with Gasteiger partial charge in [0.15, 0.2) is 0 Å². The molecule has 0 aliphatic heterocycles. The fourth-order valence-electron chi connectivity index (χ4n) is 9.89. The average molecular weight is 413 g/mol. The van der Waals surface area contributed by atoms with Gasteiger partial charge >= 0.3 is 0 Å². The van der Waals surface area contributed by atoms with Gasteiger partial charge in [-0.2, -0.15) is 0 Å². The zero-order chi connectivity index (χ0) is 21.5. The zero-order valence-corrected chi connectivity index (χ0v) is 21.1. The third-order valence-corrected chi connectivity index (χ3v) is 11.7. The molecule has 4 rings (SSSR count). The van der Waals surface area contributed by atoms with Crippen LogP contribution in [0.15, 0.2) is 12.7 Å². The molecular formula is C30H52. The lowest BCUT2D eigenvalue weighted by Gasteiger charge is -2.61. The quantitative estimate of drug-likeness (QED) is 0.365. The normalized spacial score (nSPS) is 45.3. The molecule has 4 aliphatic rings. The molecule has 0 radical (unpaired) electrons. The van der Waals surface area contributed by atoms with Crippen LogP contribution in [0.2, 0.25) is 0 Å². The first kappa shape index (κ1) is 22.9. The van der Waals surface area contributed by atoms with Crippen molar-refractivity contribution in [1.82, 2.24) is 0 Å². The molecule has 0 aromatic rings. The Hall–Kier alpha value is -0.260. The summed E-state index contributed by atoms with van der Waals surface area (Å²) < 4.78 is 0. The van der Waals surface area contributed by atoms with Gasteiger partial charge in [-0.25, -0.2) is 0 Å².